The van der Waals surface area contributed by atoms with Gasteiger partial charge in [-0.25, -0.2) is 15.6 Å². The summed E-state index contributed by atoms with van der Waals surface area (Å²) in [5.74, 6) is 5.65. The second-order valence-electron chi connectivity index (χ2n) is 4.05. The summed E-state index contributed by atoms with van der Waals surface area (Å²) in [6.45, 7) is 0. The summed E-state index contributed by atoms with van der Waals surface area (Å²) in [7, 11) is 0. The summed E-state index contributed by atoms with van der Waals surface area (Å²) < 4.78 is 0. The van der Waals surface area contributed by atoms with Gasteiger partial charge in [0.25, 0.3) is 5.69 Å². The molecule has 7 nitrogen and oxygen atoms in total. The number of hydrogen-bond acceptors (Lipinski definition) is 4. The molecule has 0 saturated heterocycles. The third kappa shape index (κ3) is 3.47. The molecule has 0 radical (unpaired) electrons. The van der Waals surface area contributed by atoms with Crippen molar-refractivity contribution in [2.45, 2.75) is 0 Å². The fraction of sp³-hybridized carbons (Fsp3) is 0. The maximum absolute atomic E-state index is 12.0. The van der Waals surface area contributed by atoms with Gasteiger partial charge >= 0.3 is 6.03 Å². The molecule has 21 heavy (non-hydrogen) atoms. The second kappa shape index (κ2) is 6.21. The van der Waals surface area contributed by atoms with E-state index in [2.05, 4.69) is 5.32 Å². The Morgan fingerprint density at radius 2 is 1.81 bits per heavy atom. The number of nitro benzene ring substituents is 1. The highest BCUT2D eigenvalue weighted by Gasteiger charge is 2.21. The minimum Gasteiger partial charge on any atom is -0.306 e. The van der Waals surface area contributed by atoms with Gasteiger partial charge in [-0.2, -0.15) is 0 Å². The van der Waals surface area contributed by atoms with Gasteiger partial charge in [0.2, 0.25) is 0 Å². The summed E-state index contributed by atoms with van der Waals surface area (Å²) in [5, 5.41) is 14.6. The smallest absolute Gasteiger partial charge is 0.306 e. The number of nitrogens with two attached hydrogens (primary N) is 1. The summed E-state index contributed by atoms with van der Waals surface area (Å²) in [6, 6.07) is 11.4. The number of benzene rings is 2. The van der Waals surface area contributed by atoms with Crippen LogP contribution in [0, 0.1) is 10.1 Å². The second-order valence-corrected chi connectivity index (χ2v) is 4.49. The average molecular weight is 307 g/mol. The van der Waals surface area contributed by atoms with Crippen molar-refractivity contribution in [1.82, 2.24) is 0 Å². The number of hydrogen-bond donors (Lipinski definition) is 2. The van der Waals surface area contributed by atoms with Crippen molar-refractivity contribution >= 4 is 34.7 Å². The summed E-state index contributed by atoms with van der Waals surface area (Å²) >= 11 is 5.74. The first-order chi connectivity index (χ1) is 9.99. The van der Waals surface area contributed by atoms with Crippen molar-refractivity contribution in [2.75, 3.05) is 10.3 Å². The zero-order chi connectivity index (χ0) is 15.4. The van der Waals surface area contributed by atoms with E-state index in [9.17, 15) is 14.9 Å². The Bertz CT molecular complexity index is 675. The van der Waals surface area contributed by atoms with Gasteiger partial charge in [-0.3, -0.25) is 10.1 Å². The maximum atomic E-state index is 12.0. The lowest BCUT2D eigenvalue weighted by molar-refractivity contribution is -0.384. The van der Waals surface area contributed by atoms with E-state index in [0.717, 1.165) is 0 Å². The van der Waals surface area contributed by atoms with Crippen molar-refractivity contribution in [3.63, 3.8) is 0 Å². The number of nitro groups is 1. The largest absolute Gasteiger partial charge is 0.340 e. The van der Waals surface area contributed by atoms with E-state index >= 15 is 0 Å². The van der Waals surface area contributed by atoms with Crippen LogP contribution in [-0.4, -0.2) is 11.0 Å². The van der Waals surface area contributed by atoms with E-state index in [1.807, 2.05) is 0 Å². The van der Waals surface area contributed by atoms with E-state index in [1.165, 1.54) is 18.2 Å². The normalized spacial score (nSPS) is 10.0. The molecule has 2 aromatic rings. The average Bonchev–Trinajstić information content (AvgIpc) is 2.48. The van der Waals surface area contributed by atoms with E-state index in [1.54, 1.807) is 30.3 Å². The molecular formula is C13H11ClN4O3. The molecule has 2 amide bonds. The van der Waals surface area contributed by atoms with Gasteiger partial charge in [0.1, 0.15) is 5.69 Å². The molecule has 0 aliphatic rings. The molecule has 2 aromatic carbocycles. The predicted octanol–water partition coefficient (Wildman–Crippen LogP) is 3.16. The fourth-order valence-electron chi connectivity index (χ4n) is 1.65. The zero-order valence-corrected chi connectivity index (χ0v) is 11.4. The van der Waals surface area contributed by atoms with Crippen LogP contribution in [0.1, 0.15) is 0 Å². The predicted molar refractivity (Wildman–Crippen MR) is 80.2 cm³/mol. The van der Waals surface area contributed by atoms with Crippen LogP contribution in [0.3, 0.4) is 0 Å². The van der Waals surface area contributed by atoms with Crippen LogP contribution in [-0.2, 0) is 0 Å². The number of nitrogens with one attached hydrogen (secondary N) is 1. The number of hydrazine groups is 1. The van der Waals surface area contributed by atoms with Crippen molar-refractivity contribution in [1.29, 1.82) is 0 Å². The van der Waals surface area contributed by atoms with E-state index in [-0.39, 0.29) is 11.4 Å². The van der Waals surface area contributed by atoms with Crippen molar-refractivity contribution in [2.24, 2.45) is 5.84 Å². The molecule has 3 N–H and O–H groups in total. The molecule has 0 saturated carbocycles. The molecule has 0 spiro atoms. The minimum absolute atomic E-state index is 0.00559. The molecule has 0 aromatic heterocycles. The fourth-order valence-corrected chi connectivity index (χ4v) is 1.77. The molecule has 2 rings (SSSR count). The number of carbonyl (C=O) groups excluding carboxylic acids is 1. The molecule has 0 atom stereocenters. The highest BCUT2D eigenvalue weighted by Crippen LogP contribution is 2.26. The zero-order valence-electron chi connectivity index (χ0n) is 10.7. The van der Waals surface area contributed by atoms with Gasteiger partial charge < -0.3 is 5.32 Å². The summed E-state index contributed by atoms with van der Waals surface area (Å²) in [4.78, 5) is 22.3. The number of amides is 2. The highest BCUT2D eigenvalue weighted by atomic mass is 35.5. The van der Waals surface area contributed by atoms with Crippen LogP contribution in [0.2, 0.25) is 5.02 Å². The topological polar surface area (TPSA) is 102 Å². The van der Waals surface area contributed by atoms with Crippen LogP contribution in [0.15, 0.2) is 48.5 Å². The quantitative estimate of drug-likeness (QED) is 0.393. The van der Waals surface area contributed by atoms with E-state index in [0.29, 0.717) is 15.7 Å². The molecule has 8 heteroatoms. The Morgan fingerprint density at radius 1 is 1.19 bits per heavy atom. The standard InChI is InChI=1S/C13H11ClN4O3/c14-9-5-7-10(8-6-9)16-13(19)17(15)11-3-1-2-4-12(11)18(20)21/h1-8H,15H2,(H,16,19). The third-order valence-electron chi connectivity index (χ3n) is 2.65. The maximum Gasteiger partial charge on any atom is 0.340 e. The summed E-state index contributed by atoms with van der Waals surface area (Å²) in [6.07, 6.45) is 0. The first-order valence-electron chi connectivity index (χ1n) is 5.84. The first-order valence-corrected chi connectivity index (χ1v) is 6.21. The number of nitrogens with zero attached hydrogens (tertiary/aromatic N) is 2. The molecular weight excluding hydrogens is 296 g/mol. The number of carbonyl (C=O) groups is 1. The van der Waals surface area contributed by atoms with Crippen LogP contribution in [0.5, 0.6) is 0 Å². The van der Waals surface area contributed by atoms with Crippen LogP contribution in [0.25, 0.3) is 0 Å². The number of urea groups is 1. The number of halogens is 1. The Morgan fingerprint density at radius 3 is 2.43 bits per heavy atom. The van der Waals surface area contributed by atoms with Gasteiger partial charge in [0.15, 0.2) is 0 Å². The van der Waals surface area contributed by atoms with Gasteiger partial charge in [0, 0.05) is 16.8 Å². The van der Waals surface area contributed by atoms with Gasteiger partial charge in [0.05, 0.1) is 4.92 Å². The lowest BCUT2D eigenvalue weighted by Crippen LogP contribution is -2.41. The lowest BCUT2D eigenvalue weighted by atomic mass is 10.2. The first kappa shape index (κ1) is 14.8. The van der Waals surface area contributed by atoms with Gasteiger partial charge in [-0.05, 0) is 30.3 Å². The molecule has 0 bridgehead atoms. The SMILES string of the molecule is NN(C(=O)Nc1ccc(Cl)cc1)c1ccccc1[N+](=O)[O-]. The summed E-state index contributed by atoms with van der Waals surface area (Å²) in [5.41, 5.74) is 0.207. The third-order valence-corrected chi connectivity index (χ3v) is 2.90. The molecule has 0 unspecified atom stereocenters. The van der Waals surface area contributed by atoms with Crippen molar-refractivity contribution in [3.8, 4) is 0 Å². The monoisotopic (exact) mass is 306 g/mol. The highest BCUT2D eigenvalue weighted by molar-refractivity contribution is 6.30. The van der Waals surface area contributed by atoms with Crippen LogP contribution >= 0.6 is 11.6 Å². The van der Waals surface area contributed by atoms with E-state index in [4.69, 9.17) is 17.4 Å². The lowest BCUT2D eigenvalue weighted by Gasteiger charge is -2.17. The number of rotatable bonds is 3. The molecule has 0 aliphatic heterocycles. The Kier molecular flexibility index (Phi) is 4.36. The Labute approximate surface area is 125 Å². The van der Waals surface area contributed by atoms with Gasteiger partial charge in [-0.15, -0.1) is 0 Å². The number of para-hydroxylation sites is 2. The van der Waals surface area contributed by atoms with Gasteiger partial charge in [-0.1, -0.05) is 23.7 Å². The number of anilines is 2. The Balaban J connectivity index is 2.20. The molecule has 0 aliphatic carbocycles. The van der Waals surface area contributed by atoms with Crippen molar-refractivity contribution in [3.05, 3.63) is 63.7 Å². The molecule has 0 heterocycles. The molecule has 108 valence electrons. The Hall–Kier alpha value is -2.64. The minimum atomic E-state index is -0.702. The van der Waals surface area contributed by atoms with Crippen molar-refractivity contribution < 1.29 is 9.72 Å². The molecule has 0 fully saturated rings. The van der Waals surface area contributed by atoms with E-state index < -0.39 is 11.0 Å². The van der Waals surface area contributed by atoms with Crippen LogP contribution in [0.4, 0.5) is 21.9 Å². The van der Waals surface area contributed by atoms with Crippen LogP contribution < -0.4 is 16.2 Å².